The third kappa shape index (κ3) is 8.65. The molecule has 11 rings (SSSR count). The molecule has 0 spiro atoms. The minimum Gasteiger partial charge on any atom is -0.321 e. The van der Waals surface area contributed by atoms with E-state index in [1.54, 1.807) is 0 Å². The maximum atomic E-state index is 5.22. The Kier molecular flexibility index (Phi) is 11.7. The average molecular weight is 954 g/mol. The maximum absolute atomic E-state index is 5.22. The Morgan fingerprint density at radius 3 is 1.52 bits per heavy atom. The van der Waals surface area contributed by atoms with Crippen molar-refractivity contribution in [2.45, 2.75) is 90.9 Å². The molecule has 0 saturated carbocycles. The Hall–Kier alpha value is -7.89. The van der Waals surface area contributed by atoms with Crippen LogP contribution in [-0.4, -0.2) is 16.2 Å². The van der Waals surface area contributed by atoms with Crippen molar-refractivity contribution in [2.24, 2.45) is 0 Å². The molecule has 0 unspecified atom stereocenters. The first-order valence-electron chi connectivity index (χ1n) is 25.9. The molecule has 0 amide bonds. The van der Waals surface area contributed by atoms with Gasteiger partial charge in [-0.25, -0.2) is 4.98 Å². The molecule has 0 aliphatic carbocycles. The van der Waals surface area contributed by atoms with Crippen molar-refractivity contribution in [1.82, 2.24) is 9.55 Å². The third-order valence-corrected chi connectivity index (χ3v) is 15.2. The summed E-state index contributed by atoms with van der Waals surface area (Å²) in [5.74, 6) is 0.879. The van der Waals surface area contributed by atoms with E-state index in [1.165, 1.54) is 61.2 Å². The molecule has 0 N–H and O–H groups in total. The van der Waals surface area contributed by atoms with Crippen molar-refractivity contribution in [3.63, 3.8) is 0 Å². The molecule has 0 radical (unpaired) electrons. The Balaban J connectivity index is 1.06. The number of rotatable bonds is 9. The molecule has 5 heteroatoms. The van der Waals surface area contributed by atoms with Gasteiger partial charge in [-0.05, 0) is 148 Å². The van der Waals surface area contributed by atoms with Crippen LogP contribution in [0.4, 0.5) is 39.8 Å². The van der Waals surface area contributed by atoms with Crippen molar-refractivity contribution in [3.8, 4) is 5.82 Å². The van der Waals surface area contributed by atoms with Crippen LogP contribution in [0.2, 0.25) is 0 Å². The van der Waals surface area contributed by atoms with Crippen LogP contribution in [0.5, 0.6) is 0 Å². The molecule has 0 bridgehead atoms. The van der Waals surface area contributed by atoms with Crippen LogP contribution in [0.25, 0.3) is 27.6 Å². The topological polar surface area (TPSA) is 27.5 Å². The molecule has 0 fully saturated rings. The highest BCUT2D eigenvalue weighted by atomic mass is 15.4. The molecule has 1 aliphatic rings. The molecule has 3 heterocycles. The average Bonchev–Trinajstić information content (AvgIpc) is 3.94. The lowest BCUT2D eigenvalue weighted by Gasteiger charge is -2.32. The first-order valence-corrected chi connectivity index (χ1v) is 25.9. The summed E-state index contributed by atoms with van der Waals surface area (Å²) in [6, 6.07) is 76.1. The summed E-state index contributed by atoms with van der Waals surface area (Å²) in [6.45, 7) is 23.8. The van der Waals surface area contributed by atoms with Crippen molar-refractivity contribution in [1.29, 1.82) is 0 Å². The summed E-state index contributed by atoms with van der Waals surface area (Å²) in [7, 11) is 0. The van der Waals surface area contributed by atoms with Crippen LogP contribution >= 0.6 is 0 Å². The van der Waals surface area contributed by atoms with Crippen LogP contribution in [0, 0.1) is 0 Å². The minimum absolute atomic E-state index is 0.00357. The van der Waals surface area contributed by atoms with Gasteiger partial charge in [0.25, 0.3) is 0 Å². The highest BCUT2D eigenvalue weighted by Gasteiger charge is 2.33. The molecule has 0 atom stereocenters. The second-order valence-corrected chi connectivity index (χ2v) is 23.2. The van der Waals surface area contributed by atoms with E-state index >= 15 is 0 Å². The molecule has 1 aliphatic heterocycles. The highest BCUT2D eigenvalue weighted by molar-refractivity contribution is 6.10. The molecular formula is C68H67N5. The van der Waals surface area contributed by atoms with Crippen LogP contribution in [0.15, 0.2) is 212 Å². The number of para-hydroxylation sites is 3. The van der Waals surface area contributed by atoms with Crippen molar-refractivity contribution < 1.29 is 0 Å². The Bertz CT molecular complexity index is 3550. The van der Waals surface area contributed by atoms with E-state index < -0.39 is 5.41 Å². The van der Waals surface area contributed by atoms with Gasteiger partial charge in [-0.15, -0.1) is 0 Å². The molecule has 5 nitrogen and oxygen atoms in total. The zero-order chi connectivity index (χ0) is 50.9. The first-order chi connectivity index (χ1) is 35.0. The molecular weight excluding hydrogens is 887 g/mol. The van der Waals surface area contributed by atoms with Gasteiger partial charge in [0, 0.05) is 50.8 Å². The van der Waals surface area contributed by atoms with Crippen LogP contribution < -0.4 is 14.7 Å². The zero-order valence-corrected chi connectivity index (χ0v) is 44.2. The first kappa shape index (κ1) is 47.4. The summed E-state index contributed by atoms with van der Waals surface area (Å²) in [5, 5.41) is 2.40. The Morgan fingerprint density at radius 2 is 0.918 bits per heavy atom. The fourth-order valence-corrected chi connectivity index (χ4v) is 10.9. The Morgan fingerprint density at radius 1 is 0.370 bits per heavy atom. The normalized spacial score (nSPS) is 13.2. The largest absolute Gasteiger partial charge is 0.321 e. The summed E-state index contributed by atoms with van der Waals surface area (Å²) in [4.78, 5) is 12.6. The van der Waals surface area contributed by atoms with Crippen molar-refractivity contribution in [2.75, 3.05) is 21.4 Å². The van der Waals surface area contributed by atoms with E-state index in [-0.39, 0.29) is 16.2 Å². The lowest BCUT2D eigenvalue weighted by Crippen LogP contribution is -2.25. The number of fused-ring (bicyclic) bond motifs is 4. The summed E-state index contributed by atoms with van der Waals surface area (Å²) < 4.78 is 2.38. The van der Waals surface area contributed by atoms with Crippen molar-refractivity contribution >= 4 is 61.6 Å². The van der Waals surface area contributed by atoms with E-state index in [2.05, 4.69) is 295 Å². The summed E-state index contributed by atoms with van der Waals surface area (Å²) in [6.07, 6.45) is 1.99. The smallest absolute Gasteiger partial charge is 0.137 e. The molecule has 10 aromatic rings. The van der Waals surface area contributed by atoms with E-state index in [4.69, 9.17) is 4.98 Å². The molecule has 0 saturated heterocycles. The fraction of sp³-hybridized carbons (Fsp3) is 0.221. The predicted octanol–water partition coefficient (Wildman–Crippen LogP) is 18.1. The molecule has 8 aromatic carbocycles. The van der Waals surface area contributed by atoms with Crippen LogP contribution in [0.1, 0.15) is 103 Å². The number of nitrogens with zero attached hydrogens (tertiary/aromatic N) is 5. The number of anilines is 7. The molecule has 2 aromatic heterocycles. The van der Waals surface area contributed by atoms with Gasteiger partial charge >= 0.3 is 0 Å². The number of benzene rings is 8. The highest BCUT2D eigenvalue weighted by Crippen LogP contribution is 2.48. The second kappa shape index (κ2) is 18.0. The number of aromatic nitrogens is 2. The van der Waals surface area contributed by atoms with Crippen molar-refractivity contribution in [3.05, 3.63) is 246 Å². The van der Waals surface area contributed by atoms with Crippen LogP contribution in [0.3, 0.4) is 0 Å². The summed E-state index contributed by atoms with van der Waals surface area (Å²) >= 11 is 0. The number of hydrogen-bond donors (Lipinski definition) is 0. The van der Waals surface area contributed by atoms with Gasteiger partial charge in [-0.2, -0.15) is 0 Å². The lowest BCUT2D eigenvalue weighted by atomic mass is 9.71. The minimum atomic E-state index is -0.433. The number of pyridine rings is 1. The van der Waals surface area contributed by atoms with E-state index in [9.17, 15) is 0 Å². The Labute approximate surface area is 433 Å². The van der Waals surface area contributed by atoms with Gasteiger partial charge in [-0.1, -0.05) is 178 Å². The van der Waals surface area contributed by atoms with Gasteiger partial charge in [0.15, 0.2) is 0 Å². The summed E-state index contributed by atoms with van der Waals surface area (Å²) in [5.41, 5.74) is 17.3. The van der Waals surface area contributed by atoms with Crippen LogP contribution in [-0.2, 0) is 21.7 Å². The molecule has 364 valence electrons. The maximum Gasteiger partial charge on any atom is 0.137 e. The standard InChI is InChI=1S/C68H67N5/c1-65(2,3)49-33-36-60-59(42-49)58-35-34-56(45-63(58)73(60)64-43-50(37-38-69-64)68(10,47-23-14-11-15-24-47)48-25-16-12-17-26-48)72(53-27-18-13-19-28-53)55-30-22-29-54(44-55)70-46-71(62-32-21-20-31-61(62)70)57-40-51(66(4,5)6)39-52(41-57)67(7,8)9/h11-45H,46H2,1-10H3. The van der Waals surface area contributed by atoms with E-state index in [0.717, 1.165) is 39.6 Å². The van der Waals surface area contributed by atoms with Gasteiger partial charge < -0.3 is 14.7 Å². The predicted molar refractivity (Wildman–Crippen MR) is 310 cm³/mol. The van der Waals surface area contributed by atoms with Gasteiger partial charge in [0.05, 0.1) is 22.4 Å². The van der Waals surface area contributed by atoms with Gasteiger partial charge in [-0.3, -0.25) is 4.57 Å². The monoisotopic (exact) mass is 954 g/mol. The number of hydrogen-bond acceptors (Lipinski definition) is 4. The quantitative estimate of drug-likeness (QED) is 0.144. The van der Waals surface area contributed by atoms with E-state index in [1.807, 2.05) is 6.20 Å². The molecule has 73 heavy (non-hydrogen) atoms. The zero-order valence-electron chi connectivity index (χ0n) is 44.2. The third-order valence-electron chi connectivity index (χ3n) is 15.2. The van der Waals surface area contributed by atoms with Gasteiger partial charge in [0.2, 0.25) is 0 Å². The van der Waals surface area contributed by atoms with Gasteiger partial charge in [0.1, 0.15) is 12.5 Å². The second-order valence-electron chi connectivity index (χ2n) is 23.2. The van der Waals surface area contributed by atoms with E-state index in [0.29, 0.717) is 6.67 Å². The lowest BCUT2D eigenvalue weighted by molar-refractivity contribution is 0.568. The SMILES string of the molecule is CC(C)(C)c1cc(N2CN(c3cccc(N(c4ccccc4)c4ccc5c6cc(C(C)(C)C)ccc6n(-c6cc(C(C)(c7ccccc7)c7ccccc7)ccn6)c5c4)c3)c3ccccc32)cc(C(C)(C)C)c1. The fourth-order valence-electron chi connectivity index (χ4n) is 10.9.